The summed E-state index contributed by atoms with van der Waals surface area (Å²) < 4.78 is 5.25. The van der Waals surface area contributed by atoms with Crippen LogP contribution in [0.1, 0.15) is 46.6 Å². The summed E-state index contributed by atoms with van der Waals surface area (Å²) in [6, 6.07) is 7.16. The van der Waals surface area contributed by atoms with Crippen LogP contribution in [0, 0.1) is 0 Å². The molecule has 1 amide bonds. The van der Waals surface area contributed by atoms with Crippen molar-refractivity contribution in [2.45, 2.75) is 38.5 Å². The third kappa shape index (κ3) is 3.59. The van der Waals surface area contributed by atoms with E-state index in [4.69, 9.17) is 9.63 Å². The lowest BCUT2D eigenvalue weighted by Gasteiger charge is -2.09. The molecule has 0 aliphatic heterocycles. The number of nitrogens with zero attached hydrogens (tertiary/aromatic N) is 1. The molecule has 3 rings (SSSR count). The number of aryl methyl sites for hydroxylation is 2. The topological polar surface area (TPSA) is 92.4 Å². The predicted molar refractivity (Wildman–Crippen MR) is 83.5 cm³/mol. The van der Waals surface area contributed by atoms with Gasteiger partial charge in [-0.25, -0.2) is 0 Å². The van der Waals surface area contributed by atoms with Crippen molar-refractivity contribution >= 4 is 17.6 Å². The van der Waals surface area contributed by atoms with Crippen molar-refractivity contribution in [2.24, 2.45) is 0 Å². The maximum Gasteiger partial charge on any atom is 0.303 e. The molecule has 0 atom stereocenters. The lowest BCUT2D eigenvalue weighted by Crippen LogP contribution is -2.15. The van der Waals surface area contributed by atoms with Gasteiger partial charge in [-0.3, -0.25) is 9.59 Å². The van der Waals surface area contributed by atoms with Crippen molar-refractivity contribution in [3.05, 3.63) is 46.8 Å². The van der Waals surface area contributed by atoms with Crippen LogP contribution in [0.15, 0.2) is 28.8 Å². The van der Waals surface area contributed by atoms with Gasteiger partial charge in [-0.15, -0.1) is 0 Å². The van der Waals surface area contributed by atoms with Crippen LogP contribution >= 0.6 is 0 Å². The van der Waals surface area contributed by atoms with E-state index in [9.17, 15) is 9.59 Å². The zero-order valence-corrected chi connectivity index (χ0v) is 12.7. The molecule has 1 aliphatic carbocycles. The van der Waals surface area contributed by atoms with E-state index >= 15 is 0 Å². The number of nitrogens with one attached hydrogen (secondary N) is 1. The van der Waals surface area contributed by atoms with Gasteiger partial charge in [-0.2, -0.15) is 0 Å². The average Bonchev–Trinajstić information content (AvgIpc) is 2.98. The normalized spacial score (nSPS) is 13.4. The summed E-state index contributed by atoms with van der Waals surface area (Å²) in [6.07, 6.45) is 4.36. The quantitative estimate of drug-likeness (QED) is 0.885. The molecule has 6 nitrogen and oxygen atoms in total. The van der Waals surface area contributed by atoms with Crippen LogP contribution in [0.4, 0.5) is 5.69 Å². The molecule has 23 heavy (non-hydrogen) atoms. The fourth-order valence-corrected chi connectivity index (χ4v) is 2.76. The number of carbonyl (C=O) groups excluding carboxylic acids is 1. The van der Waals surface area contributed by atoms with Crippen molar-refractivity contribution in [2.75, 3.05) is 5.32 Å². The van der Waals surface area contributed by atoms with Gasteiger partial charge in [-0.05, 0) is 43.4 Å². The van der Waals surface area contributed by atoms with Gasteiger partial charge in [0.2, 0.25) is 0 Å². The maximum atomic E-state index is 12.3. The Morgan fingerprint density at radius 2 is 1.91 bits per heavy atom. The van der Waals surface area contributed by atoms with Crippen LogP contribution in [0.25, 0.3) is 0 Å². The van der Waals surface area contributed by atoms with Crippen molar-refractivity contribution < 1.29 is 19.2 Å². The van der Waals surface area contributed by atoms with Gasteiger partial charge in [0.1, 0.15) is 5.76 Å². The lowest BCUT2D eigenvalue weighted by molar-refractivity contribution is -0.136. The number of aromatic nitrogens is 1. The van der Waals surface area contributed by atoms with Crippen LogP contribution in [0.2, 0.25) is 0 Å². The summed E-state index contributed by atoms with van der Waals surface area (Å²) >= 11 is 0. The minimum atomic E-state index is -0.821. The van der Waals surface area contributed by atoms with Gasteiger partial charge >= 0.3 is 5.97 Å². The number of anilines is 1. The molecular formula is C17H18N2O4. The highest BCUT2D eigenvalue weighted by Gasteiger charge is 2.23. The largest absolute Gasteiger partial charge is 0.481 e. The van der Waals surface area contributed by atoms with E-state index in [2.05, 4.69) is 10.5 Å². The second-order valence-electron chi connectivity index (χ2n) is 5.68. The first-order valence-corrected chi connectivity index (χ1v) is 7.73. The smallest absolute Gasteiger partial charge is 0.303 e. The fourth-order valence-electron chi connectivity index (χ4n) is 2.76. The van der Waals surface area contributed by atoms with Crippen molar-refractivity contribution in [1.82, 2.24) is 5.16 Å². The molecule has 0 saturated heterocycles. The summed E-state index contributed by atoms with van der Waals surface area (Å²) in [7, 11) is 0. The van der Waals surface area contributed by atoms with E-state index in [0.717, 1.165) is 42.6 Å². The Balaban J connectivity index is 1.66. The van der Waals surface area contributed by atoms with Crippen LogP contribution in [-0.2, 0) is 24.1 Å². The van der Waals surface area contributed by atoms with Gasteiger partial charge in [0.05, 0.1) is 0 Å². The second-order valence-corrected chi connectivity index (χ2v) is 5.68. The highest BCUT2D eigenvalue weighted by molar-refractivity contribution is 6.03. The first-order valence-electron chi connectivity index (χ1n) is 7.73. The second kappa shape index (κ2) is 6.64. The van der Waals surface area contributed by atoms with E-state index in [1.165, 1.54) is 0 Å². The van der Waals surface area contributed by atoms with Crippen molar-refractivity contribution in [3.63, 3.8) is 0 Å². The van der Waals surface area contributed by atoms with E-state index in [1.807, 2.05) is 12.1 Å². The Labute approximate surface area is 133 Å². The van der Waals surface area contributed by atoms with Gasteiger partial charge in [0.15, 0.2) is 5.69 Å². The molecule has 2 aromatic rings. The van der Waals surface area contributed by atoms with Crippen molar-refractivity contribution in [1.29, 1.82) is 0 Å². The van der Waals surface area contributed by atoms with Crippen LogP contribution in [-0.4, -0.2) is 22.1 Å². The molecule has 1 aromatic carbocycles. The molecule has 2 N–H and O–H groups in total. The standard InChI is InChI=1S/C17H18N2O4/c20-15(21)10-7-11-5-8-12(9-6-11)18-17(22)16-13-3-1-2-4-14(13)23-19-16/h5-6,8-9H,1-4,7,10H2,(H,18,22)(H,20,21). The number of hydrogen-bond donors (Lipinski definition) is 2. The Kier molecular flexibility index (Phi) is 4.41. The van der Waals surface area contributed by atoms with E-state index in [-0.39, 0.29) is 12.3 Å². The zero-order chi connectivity index (χ0) is 16.2. The number of hydrogen-bond acceptors (Lipinski definition) is 4. The Hall–Kier alpha value is -2.63. The number of carbonyl (C=O) groups is 2. The lowest BCUT2D eigenvalue weighted by atomic mass is 9.96. The van der Waals surface area contributed by atoms with Gasteiger partial charge in [-0.1, -0.05) is 17.3 Å². The minimum Gasteiger partial charge on any atom is -0.481 e. The molecule has 0 bridgehead atoms. The first kappa shape index (κ1) is 15.3. The number of amides is 1. The number of fused-ring (bicyclic) bond motifs is 1. The summed E-state index contributed by atoms with van der Waals surface area (Å²) in [4.78, 5) is 22.9. The summed E-state index contributed by atoms with van der Waals surface area (Å²) in [6.45, 7) is 0. The highest BCUT2D eigenvalue weighted by atomic mass is 16.5. The van der Waals surface area contributed by atoms with Gasteiger partial charge < -0.3 is 14.9 Å². The number of aliphatic carboxylic acids is 1. The third-order valence-electron chi connectivity index (χ3n) is 4.00. The first-order chi connectivity index (χ1) is 11.1. The van der Waals surface area contributed by atoms with Gasteiger partial charge in [0, 0.05) is 24.1 Å². The molecule has 120 valence electrons. The monoisotopic (exact) mass is 314 g/mol. The third-order valence-corrected chi connectivity index (χ3v) is 4.00. The number of carboxylic acid groups (broad SMARTS) is 1. The van der Waals surface area contributed by atoms with Crippen LogP contribution in [0.3, 0.4) is 0 Å². The maximum absolute atomic E-state index is 12.3. The molecule has 1 heterocycles. The molecule has 0 fully saturated rings. The van der Waals surface area contributed by atoms with E-state index in [0.29, 0.717) is 17.8 Å². The molecule has 0 spiro atoms. The summed E-state index contributed by atoms with van der Waals surface area (Å²) in [5.74, 6) is -0.265. The molecule has 1 aliphatic rings. The predicted octanol–water partition coefficient (Wildman–Crippen LogP) is 2.82. The SMILES string of the molecule is O=C(O)CCc1ccc(NC(=O)c2noc3c2CCCC3)cc1. The molecule has 6 heteroatoms. The Morgan fingerprint density at radius 1 is 1.17 bits per heavy atom. The van der Waals surface area contributed by atoms with Gasteiger partial charge in [0.25, 0.3) is 5.91 Å². The Morgan fingerprint density at radius 3 is 2.65 bits per heavy atom. The minimum absolute atomic E-state index is 0.0940. The average molecular weight is 314 g/mol. The highest BCUT2D eigenvalue weighted by Crippen LogP contribution is 2.24. The summed E-state index contributed by atoms with van der Waals surface area (Å²) in [5, 5.41) is 15.4. The Bertz CT molecular complexity index is 719. The van der Waals surface area contributed by atoms with E-state index < -0.39 is 5.97 Å². The molecule has 1 aromatic heterocycles. The molecule has 0 saturated carbocycles. The number of carboxylic acids is 1. The summed E-state index contributed by atoms with van der Waals surface area (Å²) in [5.41, 5.74) is 2.87. The van der Waals surface area contributed by atoms with Crippen LogP contribution in [0.5, 0.6) is 0 Å². The van der Waals surface area contributed by atoms with Crippen LogP contribution < -0.4 is 5.32 Å². The molecule has 0 radical (unpaired) electrons. The number of benzene rings is 1. The van der Waals surface area contributed by atoms with E-state index in [1.54, 1.807) is 12.1 Å². The van der Waals surface area contributed by atoms with Crippen molar-refractivity contribution in [3.8, 4) is 0 Å². The molecule has 0 unspecified atom stereocenters. The fraction of sp³-hybridized carbons (Fsp3) is 0.353. The number of rotatable bonds is 5. The molecular weight excluding hydrogens is 296 g/mol. The zero-order valence-electron chi connectivity index (χ0n) is 12.7.